The molecule has 1 heterocycles. The van der Waals surface area contributed by atoms with E-state index < -0.39 is 0 Å². The Bertz CT molecular complexity index is 258. The third-order valence-electron chi connectivity index (χ3n) is 5.70. The highest BCUT2D eigenvalue weighted by Crippen LogP contribution is 2.35. The molecule has 0 aromatic rings. The minimum absolute atomic E-state index is 0.185. The largest absolute Gasteiger partial charge is 0.325 e. The lowest BCUT2D eigenvalue weighted by atomic mass is 9.77. The van der Waals surface area contributed by atoms with Crippen molar-refractivity contribution in [2.45, 2.75) is 69.7 Å². The van der Waals surface area contributed by atoms with Crippen LogP contribution in [0.3, 0.4) is 0 Å². The maximum absolute atomic E-state index is 6.57. The van der Waals surface area contributed by atoms with Crippen LogP contribution in [0, 0.1) is 11.8 Å². The number of piperidine rings is 1. The molecule has 2 heteroatoms. The third-order valence-corrected chi connectivity index (χ3v) is 5.70. The van der Waals surface area contributed by atoms with Gasteiger partial charge in [0, 0.05) is 18.6 Å². The second kappa shape index (κ2) is 5.50. The molecule has 3 rings (SSSR count). The van der Waals surface area contributed by atoms with E-state index in [2.05, 4.69) is 4.90 Å². The van der Waals surface area contributed by atoms with E-state index in [-0.39, 0.29) is 5.54 Å². The molecule has 3 aliphatic rings. The summed E-state index contributed by atoms with van der Waals surface area (Å²) in [6.45, 7) is 4.00. The zero-order valence-electron chi connectivity index (χ0n) is 11.9. The first-order valence-electron chi connectivity index (χ1n) is 8.25. The highest BCUT2D eigenvalue weighted by Gasteiger charge is 2.32. The second-order valence-corrected chi connectivity index (χ2v) is 7.33. The van der Waals surface area contributed by atoms with Crippen molar-refractivity contribution in [2.75, 3.05) is 19.6 Å². The van der Waals surface area contributed by atoms with Crippen molar-refractivity contribution in [3.63, 3.8) is 0 Å². The van der Waals surface area contributed by atoms with Crippen molar-refractivity contribution in [1.82, 2.24) is 4.90 Å². The SMILES string of the molecule is NC1(CCN2CC3CCCC(C3)C2)CCCCC1. The number of hydrogen-bond acceptors (Lipinski definition) is 2. The maximum atomic E-state index is 6.57. The van der Waals surface area contributed by atoms with E-state index in [4.69, 9.17) is 5.73 Å². The summed E-state index contributed by atoms with van der Waals surface area (Å²) in [4.78, 5) is 2.74. The monoisotopic (exact) mass is 250 g/mol. The fourth-order valence-corrected chi connectivity index (χ4v) is 4.61. The number of hydrogen-bond donors (Lipinski definition) is 1. The van der Waals surface area contributed by atoms with Gasteiger partial charge in [0.05, 0.1) is 0 Å². The fourth-order valence-electron chi connectivity index (χ4n) is 4.61. The molecule has 2 aliphatic carbocycles. The van der Waals surface area contributed by atoms with E-state index in [0.717, 1.165) is 11.8 Å². The number of rotatable bonds is 3. The Kier molecular flexibility index (Phi) is 3.95. The van der Waals surface area contributed by atoms with Gasteiger partial charge in [-0.1, -0.05) is 25.7 Å². The lowest BCUT2D eigenvalue weighted by Crippen LogP contribution is -2.48. The molecule has 0 spiro atoms. The summed E-state index contributed by atoms with van der Waals surface area (Å²) in [5.41, 5.74) is 6.75. The Hall–Kier alpha value is -0.0800. The molecule has 1 aliphatic heterocycles. The zero-order valence-corrected chi connectivity index (χ0v) is 11.9. The molecule has 0 aromatic carbocycles. The van der Waals surface area contributed by atoms with Crippen LogP contribution in [0.1, 0.15) is 64.2 Å². The Labute approximate surface area is 112 Å². The van der Waals surface area contributed by atoms with Crippen LogP contribution in [0.4, 0.5) is 0 Å². The van der Waals surface area contributed by atoms with Crippen LogP contribution in [0.15, 0.2) is 0 Å². The molecule has 3 fully saturated rings. The van der Waals surface area contributed by atoms with Crippen LogP contribution in [-0.2, 0) is 0 Å². The van der Waals surface area contributed by atoms with Crippen LogP contribution < -0.4 is 5.73 Å². The van der Waals surface area contributed by atoms with Gasteiger partial charge in [0.2, 0.25) is 0 Å². The molecule has 18 heavy (non-hydrogen) atoms. The van der Waals surface area contributed by atoms with Crippen LogP contribution in [0.5, 0.6) is 0 Å². The summed E-state index contributed by atoms with van der Waals surface area (Å²) in [7, 11) is 0. The molecular formula is C16H30N2. The number of fused-ring (bicyclic) bond motifs is 2. The fraction of sp³-hybridized carbons (Fsp3) is 1.00. The van der Waals surface area contributed by atoms with Crippen molar-refractivity contribution in [3.05, 3.63) is 0 Å². The number of likely N-dealkylation sites (tertiary alicyclic amines) is 1. The Balaban J connectivity index is 1.48. The van der Waals surface area contributed by atoms with Gasteiger partial charge in [-0.05, 0) is 56.9 Å². The lowest BCUT2D eigenvalue weighted by Gasteiger charge is -2.43. The highest BCUT2D eigenvalue weighted by atomic mass is 15.1. The number of nitrogens with two attached hydrogens (primary N) is 1. The molecule has 2 unspecified atom stereocenters. The molecule has 0 amide bonds. The zero-order chi connectivity index (χ0) is 12.4. The van der Waals surface area contributed by atoms with Gasteiger partial charge >= 0.3 is 0 Å². The molecule has 1 saturated heterocycles. The molecular weight excluding hydrogens is 220 g/mol. The van der Waals surface area contributed by atoms with Gasteiger partial charge in [0.1, 0.15) is 0 Å². The summed E-state index contributed by atoms with van der Waals surface area (Å²) >= 11 is 0. The third kappa shape index (κ3) is 3.08. The highest BCUT2D eigenvalue weighted by molar-refractivity contribution is 4.90. The predicted octanol–water partition coefficient (Wildman–Crippen LogP) is 3.16. The van der Waals surface area contributed by atoms with E-state index in [9.17, 15) is 0 Å². The smallest absolute Gasteiger partial charge is 0.0166 e. The maximum Gasteiger partial charge on any atom is 0.0166 e. The minimum Gasteiger partial charge on any atom is -0.325 e. The standard InChI is InChI=1S/C16H30N2/c17-16(7-2-1-3-8-16)9-10-18-12-14-5-4-6-15(11-14)13-18/h14-15H,1-13,17H2. The topological polar surface area (TPSA) is 29.3 Å². The first-order valence-corrected chi connectivity index (χ1v) is 8.25. The molecule has 2 atom stereocenters. The minimum atomic E-state index is 0.185. The van der Waals surface area contributed by atoms with Crippen molar-refractivity contribution in [1.29, 1.82) is 0 Å². The van der Waals surface area contributed by atoms with E-state index in [1.54, 1.807) is 0 Å². The Morgan fingerprint density at radius 2 is 1.61 bits per heavy atom. The van der Waals surface area contributed by atoms with Crippen LogP contribution in [0.2, 0.25) is 0 Å². The van der Waals surface area contributed by atoms with E-state index in [0.29, 0.717) is 0 Å². The predicted molar refractivity (Wildman–Crippen MR) is 76.5 cm³/mol. The molecule has 0 radical (unpaired) electrons. The first kappa shape index (κ1) is 12.9. The Morgan fingerprint density at radius 3 is 2.28 bits per heavy atom. The van der Waals surface area contributed by atoms with Gasteiger partial charge in [-0.15, -0.1) is 0 Å². The summed E-state index contributed by atoms with van der Waals surface area (Å²) < 4.78 is 0. The summed E-state index contributed by atoms with van der Waals surface area (Å²) in [6, 6.07) is 0. The molecule has 0 aromatic heterocycles. The summed E-state index contributed by atoms with van der Waals surface area (Å²) in [5.74, 6) is 2.02. The van der Waals surface area contributed by atoms with Crippen molar-refractivity contribution in [2.24, 2.45) is 17.6 Å². The normalized spacial score (nSPS) is 36.5. The van der Waals surface area contributed by atoms with Crippen LogP contribution in [0.25, 0.3) is 0 Å². The van der Waals surface area contributed by atoms with Crippen LogP contribution >= 0.6 is 0 Å². The van der Waals surface area contributed by atoms with Gasteiger partial charge in [0.15, 0.2) is 0 Å². The van der Waals surface area contributed by atoms with Gasteiger partial charge in [-0.2, -0.15) is 0 Å². The molecule has 2 nitrogen and oxygen atoms in total. The average molecular weight is 250 g/mol. The Morgan fingerprint density at radius 1 is 0.944 bits per heavy atom. The van der Waals surface area contributed by atoms with Crippen molar-refractivity contribution < 1.29 is 0 Å². The van der Waals surface area contributed by atoms with Crippen molar-refractivity contribution >= 4 is 0 Å². The molecule has 2 bridgehead atoms. The average Bonchev–Trinajstić information content (AvgIpc) is 2.37. The second-order valence-electron chi connectivity index (χ2n) is 7.33. The van der Waals surface area contributed by atoms with Gasteiger partial charge in [-0.3, -0.25) is 0 Å². The van der Waals surface area contributed by atoms with E-state index >= 15 is 0 Å². The number of nitrogens with zero attached hydrogens (tertiary/aromatic N) is 1. The summed E-state index contributed by atoms with van der Waals surface area (Å²) in [6.07, 6.45) is 13.9. The van der Waals surface area contributed by atoms with Gasteiger partial charge < -0.3 is 10.6 Å². The lowest BCUT2D eigenvalue weighted by molar-refractivity contribution is 0.0769. The molecule has 2 saturated carbocycles. The van der Waals surface area contributed by atoms with Gasteiger partial charge in [-0.25, -0.2) is 0 Å². The summed E-state index contributed by atoms with van der Waals surface area (Å²) in [5, 5.41) is 0. The van der Waals surface area contributed by atoms with E-state index in [1.807, 2.05) is 0 Å². The quantitative estimate of drug-likeness (QED) is 0.833. The van der Waals surface area contributed by atoms with E-state index in [1.165, 1.54) is 83.8 Å². The van der Waals surface area contributed by atoms with Gasteiger partial charge in [0.25, 0.3) is 0 Å². The van der Waals surface area contributed by atoms with Crippen LogP contribution in [-0.4, -0.2) is 30.1 Å². The molecule has 104 valence electrons. The molecule has 2 N–H and O–H groups in total. The first-order chi connectivity index (χ1) is 8.73. The van der Waals surface area contributed by atoms with Crippen molar-refractivity contribution in [3.8, 4) is 0 Å².